The van der Waals surface area contributed by atoms with Crippen LogP contribution >= 0.6 is 0 Å². The minimum absolute atomic E-state index is 0.208. The Labute approximate surface area is 149 Å². The van der Waals surface area contributed by atoms with Crippen molar-refractivity contribution in [2.45, 2.75) is 26.4 Å². The summed E-state index contributed by atoms with van der Waals surface area (Å²) in [7, 11) is 4.14. The van der Waals surface area contributed by atoms with Gasteiger partial charge in [0.1, 0.15) is 5.76 Å². The van der Waals surface area contributed by atoms with Crippen LogP contribution in [0.3, 0.4) is 0 Å². The number of benzene rings is 1. The van der Waals surface area contributed by atoms with Crippen LogP contribution in [-0.2, 0) is 6.54 Å². The average Bonchev–Trinajstić information content (AvgIpc) is 3.22. The summed E-state index contributed by atoms with van der Waals surface area (Å²) in [4.78, 5) is 2.17. The molecule has 25 heavy (non-hydrogen) atoms. The molecule has 5 nitrogen and oxygen atoms in total. The van der Waals surface area contributed by atoms with Crippen molar-refractivity contribution in [1.29, 1.82) is 0 Å². The fourth-order valence-electron chi connectivity index (χ4n) is 3.10. The predicted molar refractivity (Wildman–Crippen MR) is 99.9 cm³/mol. The largest absolute Gasteiger partial charge is 0.468 e. The summed E-state index contributed by atoms with van der Waals surface area (Å²) < 4.78 is 7.59. The van der Waals surface area contributed by atoms with Gasteiger partial charge in [-0.1, -0.05) is 18.2 Å². The van der Waals surface area contributed by atoms with E-state index in [1.165, 1.54) is 11.3 Å². The van der Waals surface area contributed by atoms with Crippen LogP contribution in [0.4, 0.5) is 0 Å². The van der Waals surface area contributed by atoms with Gasteiger partial charge >= 0.3 is 0 Å². The number of aromatic nitrogens is 2. The zero-order valence-corrected chi connectivity index (χ0v) is 15.4. The van der Waals surface area contributed by atoms with Gasteiger partial charge in [-0.25, -0.2) is 4.68 Å². The Morgan fingerprint density at radius 3 is 2.52 bits per heavy atom. The van der Waals surface area contributed by atoms with E-state index in [4.69, 9.17) is 9.52 Å². The van der Waals surface area contributed by atoms with E-state index in [9.17, 15) is 0 Å². The Hall–Kier alpha value is -2.37. The van der Waals surface area contributed by atoms with Crippen molar-refractivity contribution in [3.05, 3.63) is 71.4 Å². The van der Waals surface area contributed by atoms with Crippen LogP contribution in [0, 0.1) is 13.8 Å². The molecule has 0 amide bonds. The zero-order valence-electron chi connectivity index (χ0n) is 15.4. The molecule has 0 aliphatic heterocycles. The molecule has 0 bridgehead atoms. The fraction of sp³-hybridized carbons (Fsp3) is 0.350. The third kappa shape index (κ3) is 3.83. The molecule has 1 atom stereocenters. The van der Waals surface area contributed by atoms with E-state index in [1.807, 2.05) is 35.0 Å². The Kier molecular flexibility index (Phi) is 5.36. The maximum Gasteiger partial charge on any atom is 0.122 e. The first-order valence-corrected chi connectivity index (χ1v) is 8.59. The smallest absolute Gasteiger partial charge is 0.122 e. The molecule has 0 unspecified atom stereocenters. The second kappa shape index (κ2) is 7.68. The third-order valence-corrected chi connectivity index (χ3v) is 4.58. The van der Waals surface area contributed by atoms with Crippen molar-refractivity contribution < 1.29 is 4.42 Å². The van der Waals surface area contributed by atoms with Gasteiger partial charge in [0, 0.05) is 24.3 Å². The lowest BCUT2D eigenvalue weighted by atomic mass is 10.1. The maximum absolute atomic E-state index is 5.57. The SMILES string of the molecule is Cc1nn(-c2ccccc2)c(C)c1CNC[C@H](c1ccco1)N(C)C. The number of rotatable bonds is 7. The van der Waals surface area contributed by atoms with Crippen molar-refractivity contribution in [2.75, 3.05) is 20.6 Å². The van der Waals surface area contributed by atoms with Gasteiger partial charge in [-0.3, -0.25) is 4.90 Å². The lowest BCUT2D eigenvalue weighted by molar-refractivity contribution is 0.250. The number of furan rings is 1. The van der Waals surface area contributed by atoms with Crippen LogP contribution in [0.5, 0.6) is 0 Å². The van der Waals surface area contributed by atoms with E-state index in [0.29, 0.717) is 0 Å². The number of nitrogens with zero attached hydrogens (tertiary/aromatic N) is 3. The number of aryl methyl sites for hydroxylation is 1. The van der Waals surface area contributed by atoms with Crippen LogP contribution in [0.1, 0.15) is 28.8 Å². The van der Waals surface area contributed by atoms with Crippen molar-refractivity contribution in [2.24, 2.45) is 0 Å². The molecule has 0 aliphatic carbocycles. The lowest BCUT2D eigenvalue weighted by Crippen LogP contribution is -2.30. The highest BCUT2D eigenvalue weighted by Crippen LogP contribution is 2.20. The summed E-state index contributed by atoms with van der Waals surface area (Å²) in [6, 6.07) is 14.4. The summed E-state index contributed by atoms with van der Waals surface area (Å²) in [6.45, 7) is 5.80. The van der Waals surface area contributed by atoms with Crippen molar-refractivity contribution in [3.63, 3.8) is 0 Å². The molecular weight excluding hydrogens is 312 g/mol. The van der Waals surface area contributed by atoms with E-state index in [2.05, 4.69) is 50.3 Å². The molecule has 0 saturated heterocycles. The standard InChI is InChI=1S/C20H26N4O/c1-15-18(16(2)24(22-15)17-9-6-5-7-10-17)13-21-14-19(23(3)4)20-11-8-12-25-20/h5-12,19,21H,13-14H2,1-4H3/t19-/m1/s1. The minimum Gasteiger partial charge on any atom is -0.468 e. The normalized spacial score (nSPS) is 12.7. The molecule has 0 radical (unpaired) electrons. The quantitative estimate of drug-likeness (QED) is 0.716. The second-order valence-electron chi connectivity index (χ2n) is 6.52. The van der Waals surface area contributed by atoms with Gasteiger partial charge in [-0.05, 0) is 52.2 Å². The van der Waals surface area contributed by atoms with E-state index < -0.39 is 0 Å². The summed E-state index contributed by atoms with van der Waals surface area (Å²) in [5, 5.41) is 8.27. The Balaban J connectivity index is 1.70. The first kappa shape index (κ1) is 17.5. The second-order valence-corrected chi connectivity index (χ2v) is 6.52. The highest BCUT2D eigenvalue weighted by molar-refractivity contribution is 5.36. The molecule has 1 N–H and O–H groups in total. The molecule has 1 aromatic carbocycles. The molecule has 0 spiro atoms. The van der Waals surface area contributed by atoms with Gasteiger partial charge in [0.2, 0.25) is 0 Å². The van der Waals surface area contributed by atoms with Crippen molar-refractivity contribution >= 4 is 0 Å². The van der Waals surface area contributed by atoms with Crippen molar-refractivity contribution in [3.8, 4) is 5.69 Å². The predicted octanol–water partition coefficient (Wildman–Crippen LogP) is 3.47. The van der Waals surface area contributed by atoms with Gasteiger partial charge in [-0.2, -0.15) is 5.10 Å². The average molecular weight is 338 g/mol. The van der Waals surface area contributed by atoms with Crippen LogP contribution < -0.4 is 5.32 Å². The molecule has 0 saturated carbocycles. The highest BCUT2D eigenvalue weighted by atomic mass is 16.3. The van der Waals surface area contributed by atoms with Gasteiger partial charge in [-0.15, -0.1) is 0 Å². The number of nitrogens with one attached hydrogen (secondary N) is 1. The van der Waals surface area contributed by atoms with E-state index in [0.717, 1.165) is 30.2 Å². The molecule has 3 aromatic rings. The monoisotopic (exact) mass is 338 g/mol. The summed E-state index contributed by atoms with van der Waals surface area (Å²) in [6.07, 6.45) is 1.73. The molecule has 5 heteroatoms. The van der Waals surface area contributed by atoms with Crippen LogP contribution in [0.2, 0.25) is 0 Å². The van der Waals surface area contributed by atoms with Crippen LogP contribution in [0.15, 0.2) is 53.1 Å². The molecule has 2 heterocycles. The number of para-hydroxylation sites is 1. The minimum atomic E-state index is 0.208. The van der Waals surface area contributed by atoms with Gasteiger partial charge in [0.05, 0.1) is 23.7 Å². The van der Waals surface area contributed by atoms with E-state index in [1.54, 1.807) is 6.26 Å². The zero-order chi connectivity index (χ0) is 17.8. The van der Waals surface area contributed by atoms with E-state index in [-0.39, 0.29) is 6.04 Å². The molecule has 0 fully saturated rings. The Morgan fingerprint density at radius 2 is 1.88 bits per heavy atom. The molecule has 0 aliphatic rings. The van der Waals surface area contributed by atoms with E-state index >= 15 is 0 Å². The molecule has 3 rings (SSSR count). The molecular formula is C20H26N4O. The summed E-state index contributed by atoms with van der Waals surface area (Å²) in [5.74, 6) is 0.978. The molecule has 2 aromatic heterocycles. The Morgan fingerprint density at radius 1 is 1.12 bits per heavy atom. The third-order valence-electron chi connectivity index (χ3n) is 4.58. The first-order valence-electron chi connectivity index (χ1n) is 8.59. The summed E-state index contributed by atoms with van der Waals surface area (Å²) in [5.41, 5.74) is 4.58. The number of hydrogen-bond donors (Lipinski definition) is 1. The maximum atomic E-state index is 5.57. The topological polar surface area (TPSA) is 46.2 Å². The lowest BCUT2D eigenvalue weighted by Gasteiger charge is -2.22. The van der Waals surface area contributed by atoms with Crippen LogP contribution in [-0.4, -0.2) is 35.3 Å². The van der Waals surface area contributed by atoms with Gasteiger partial charge in [0.25, 0.3) is 0 Å². The van der Waals surface area contributed by atoms with Crippen molar-refractivity contribution in [1.82, 2.24) is 20.0 Å². The number of hydrogen-bond acceptors (Lipinski definition) is 4. The van der Waals surface area contributed by atoms with Crippen LogP contribution in [0.25, 0.3) is 5.69 Å². The van der Waals surface area contributed by atoms with Gasteiger partial charge < -0.3 is 9.73 Å². The highest BCUT2D eigenvalue weighted by Gasteiger charge is 2.18. The van der Waals surface area contributed by atoms with Gasteiger partial charge in [0.15, 0.2) is 0 Å². The Bertz CT molecular complexity index is 791. The summed E-state index contributed by atoms with van der Waals surface area (Å²) >= 11 is 0. The fourth-order valence-corrected chi connectivity index (χ4v) is 3.10. The number of likely N-dealkylation sites (N-methyl/N-ethyl adjacent to an activating group) is 1. The molecule has 132 valence electrons. The first-order chi connectivity index (χ1) is 12.1.